The summed E-state index contributed by atoms with van der Waals surface area (Å²) >= 11 is 0. The molecule has 2 heterocycles. The predicted octanol–water partition coefficient (Wildman–Crippen LogP) is 3.28. The Morgan fingerprint density at radius 2 is 1.55 bits per heavy atom. The fraction of sp³-hybridized carbons (Fsp3) is 0.125. The Bertz CT molecular complexity index is 1210. The first kappa shape index (κ1) is 20.2. The summed E-state index contributed by atoms with van der Waals surface area (Å²) in [6.07, 6.45) is 3.54. The van der Waals surface area contributed by atoms with Crippen molar-refractivity contribution in [2.45, 2.75) is 20.3 Å². The lowest BCUT2D eigenvalue weighted by Gasteiger charge is -2.10. The van der Waals surface area contributed by atoms with Crippen molar-refractivity contribution in [1.29, 1.82) is 0 Å². The maximum absolute atomic E-state index is 12.7. The van der Waals surface area contributed by atoms with Crippen molar-refractivity contribution in [3.05, 3.63) is 102 Å². The Balaban J connectivity index is 1.38. The van der Waals surface area contributed by atoms with Crippen LogP contribution in [0.15, 0.2) is 79.1 Å². The number of benzene rings is 2. The van der Waals surface area contributed by atoms with E-state index >= 15 is 0 Å². The molecule has 31 heavy (non-hydrogen) atoms. The van der Waals surface area contributed by atoms with Crippen LogP contribution in [-0.2, 0) is 11.2 Å². The number of rotatable bonds is 5. The molecule has 0 aliphatic heterocycles. The van der Waals surface area contributed by atoms with Crippen LogP contribution in [0.1, 0.15) is 27.3 Å². The number of hydrogen-bond donors (Lipinski definition) is 2. The number of hydrazine groups is 1. The predicted molar refractivity (Wildman–Crippen MR) is 118 cm³/mol. The van der Waals surface area contributed by atoms with E-state index in [0.717, 1.165) is 28.3 Å². The summed E-state index contributed by atoms with van der Waals surface area (Å²) in [7, 11) is 0. The lowest BCUT2D eigenvalue weighted by molar-refractivity contribution is -0.121. The maximum Gasteiger partial charge on any atom is 0.271 e. The van der Waals surface area contributed by atoms with Gasteiger partial charge >= 0.3 is 0 Å². The van der Waals surface area contributed by atoms with Gasteiger partial charge in [0.05, 0.1) is 23.9 Å². The first-order valence-electron chi connectivity index (χ1n) is 9.95. The molecule has 0 spiro atoms. The average Bonchev–Trinajstić information content (AvgIpc) is 3.37. The van der Waals surface area contributed by atoms with E-state index in [4.69, 9.17) is 0 Å². The van der Waals surface area contributed by atoms with Gasteiger partial charge in [-0.05, 0) is 49.7 Å². The molecule has 4 aromatic rings. The zero-order chi connectivity index (χ0) is 21.8. The fourth-order valence-electron chi connectivity index (χ4n) is 3.56. The normalized spacial score (nSPS) is 10.6. The van der Waals surface area contributed by atoms with Gasteiger partial charge in [0.25, 0.3) is 5.91 Å². The smallest absolute Gasteiger partial charge is 0.271 e. The van der Waals surface area contributed by atoms with E-state index in [2.05, 4.69) is 16.0 Å². The number of amides is 2. The van der Waals surface area contributed by atoms with Gasteiger partial charge in [-0.1, -0.05) is 36.4 Å². The quantitative estimate of drug-likeness (QED) is 0.493. The number of nitrogens with zero attached hydrogens (tertiary/aromatic N) is 3. The van der Waals surface area contributed by atoms with Crippen LogP contribution in [0.3, 0.4) is 0 Å². The van der Waals surface area contributed by atoms with Gasteiger partial charge < -0.3 is 4.57 Å². The second kappa shape index (κ2) is 8.71. The SMILES string of the molecule is Cc1cc(C(=O)NNC(=O)Cc2cnn(-c3ccccc3)c2)c(C)n1-c1ccccc1. The van der Waals surface area contributed by atoms with Gasteiger partial charge in [0.2, 0.25) is 5.91 Å². The van der Waals surface area contributed by atoms with E-state index in [1.165, 1.54) is 0 Å². The van der Waals surface area contributed by atoms with Crippen LogP contribution in [0.4, 0.5) is 0 Å². The number of aromatic nitrogens is 3. The van der Waals surface area contributed by atoms with E-state index in [-0.39, 0.29) is 18.2 Å². The summed E-state index contributed by atoms with van der Waals surface area (Å²) in [5, 5.41) is 4.28. The minimum atomic E-state index is -0.358. The molecular formula is C24H23N5O2. The van der Waals surface area contributed by atoms with Crippen molar-refractivity contribution in [3.63, 3.8) is 0 Å². The molecule has 7 nitrogen and oxygen atoms in total. The third kappa shape index (κ3) is 4.40. The highest BCUT2D eigenvalue weighted by Gasteiger charge is 2.17. The lowest BCUT2D eigenvalue weighted by atomic mass is 10.2. The summed E-state index contributed by atoms with van der Waals surface area (Å²) in [5.41, 5.74) is 9.90. The van der Waals surface area contributed by atoms with Gasteiger partial charge in [-0.25, -0.2) is 4.68 Å². The van der Waals surface area contributed by atoms with Crippen molar-refractivity contribution in [3.8, 4) is 11.4 Å². The van der Waals surface area contributed by atoms with Crippen LogP contribution in [-0.4, -0.2) is 26.2 Å². The maximum atomic E-state index is 12.7. The molecule has 0 radical (unpaired) electrons. The van der Waals surface area contributed by atoms with Crippen LogP contribution in [0.25, 0.3) is 11.4 Å². The van der Waals surface area contributed by atoms with Gasteiger partial charge in [0, 0.05) is 23.3 Å². The average molecular weight is 413 g/mol. The van der Waals surface area contributed by atoms with E-state index in [0.29, 0.717) is 5.56 Å². The molecule has 2 aromatic heterocycles. The molecule has 0 aliphatic rings. The van der Waals surface area contributed by atoms with E-state index < -0.39 is 0 Å². The Morgan fingerprint density at radius 3 is 2.23 bits per heavy atom. The molecule has 7 heteroatoms. The molecule has 0 fully saturated rings. The first-order valence-corrected chi connectivity index (χ1v) is 9.95. The Hall–Kier alpha value is -4.13. The standard InChI is InChI=1S/C24H23N5O2/c1-17-13-22(18(2)29(17)21-11-7-4-8-12-21)24(31)27-26-23(30)14-19-15-25-28(16-19)20-9-5-3-6-10-20/h3-13,15-16H,14H2,1-2H3,(H,26,30)(H,27,31). The highest BCUT2D eigenvalue weighted by Crippen LogP contribution is 2.20. The van der Waals surface area contributed by atoms with E-state index in [1.807, 2.05) is 85.1 Å². The first-order chi connectivity index (χ1) is 15.0. The largest absolute Gasteiger partial charge is 0.318 e. The summed E-state index contributed by atoms with van der Waals surface area (Å²) in [6, 6.07) is 21.3. The minimum absolute atomic E-state index is 0.107. The summed E-state index contributed by atoms with van der Waals surface area (Å²) < 4.78 is 3.72. The minimum Gasteiger partial charge on any atom is -0.318 e. The van der Waals surface area contributed by atoms with Crippen molar-refractivity contribution in [2.24, 2.45) is 0 Å². The number of aryl methyl sites for hydroxylation is 1. The van der Waals surface area contributed by atoms with Crippen LogP contribution < -0.4 is 10.9 Å². The van der Waals surface area contributed by atoms with E-state index in [1.54, 1.807) is 17.1 Å². The molecule has 2 amide bonds. The van der Waals surface area contributed by atoms with Gasteiger partial charge in [0.15, 0.2) is 0 Å². The van der Waals surface area contributed by atoms with Crippen molar-refractivity contribution >= 4 is 11.8 Å². The summed E-state index contributed by atoms with van der Waals surface area (Å²) in [5.74, 6) is -0.679. The van der Waals surface area contributed by atoms with Crippen molar-refractivity contribution < 1.29 is 9.59 Å². The summed E-state index contributed by atoms with van der Waals surface area (Å²) in [6.45, 7) is 3.83. The molecule has 0 saturated carbocycles. The van der Waals surface area contributed by atoms with Crippen LogP contribution in [0.5, 0.6) is 0 Å². The van der Waals surface area contributed by atoms with Gasteiger partial charge in [0.1, 0.15) is 0 Å². The molecule has 0 atom stereocenters. The Kier molecular flexibility index (Phi) is 5.66. The number of hydrogen-bond acceptors (Lipinski definition) is 3. The molecule has 2 N–H and O–H groups in total. The third-order valence-electron chi connectivity index (χ3n) is 5.03. The van der Waals surface area contributed by atoms with Crippen LogP contribution >= 0.6 is 0 Å². The number of carbonyl (C=O) groups is 2. The topological polar surface area (TPSA) is 81.0 Å². The zero-order valence-corrected chi connectivity index (χ0v) is 17.4. The second-order valence-corrected chi connectivity index (χ2v) is 7.26. The van der Waals surface area contributed by atoms with Gasteiger partial charge in [-0.3, -0.25) is 20.4 Å². The number of carbonyl (C=O) groups excluding carboxylic acids is 2. The second-order valence-electron chi connectivity index (χ2n) is 7.26. The third-order valence-corrected chi connectivity index (χ3v) is 5.03. The fourth-order valence-corrected chi connectivity index (χ4v) is 3.56. The molecule has 0 unspecified atom stereocenters. The molecule has 156 valence electrons. The van der Waals surface area contributed by atoms with Crippen molar-refractivity contribution in [1.82, 2.24) is 25.2 Å². The van der Waals surface area contributed by atoms with Crippen LogP contribution in [0, 0.1) is 13.8 Å². The number of nitrogens with one attached hydrogen (secondary N) is 2. The lowest BCUT2D eigenvalue weighted by Crippen LogP contribution is -2.42. The molecule has 0 aliphatic carbocycles. The van der Waals surface area contributed by atoms with Gasteiger partial charge in [-0.2, -0.15) is 5.10 Å². The highest BCUT2D eigenvalue weighted by molar-refractivity contribution is 5.97. The molecule has 2 aromatic carbocycles. The molecule has 0 saturated heterocycles. The van der Waals surface area contributed by atoms with Crippen molar-refractivity contribution in [2.75, 3.05) is 0 Å². The number of para-hydroxylation sites is 2. The molecule has 0 bridgehead atoms. The molecule has 4 rings (SSSR count). The van der Waals surface area contributed by atoms with E-state index in [9.17, 15) is 9.59 Å². The monoisotopic (exact) mass is 413 g/mol. The Labute approximate surface area is 180 Å². The molecular weight excluding hydrogens is 390 g/mol. The Morgan fingerprint density at radius 1 is 0.903 bits per heavy atom. The van der Waals surface area contributed by atoms with Gasteiger partial charge in [-0.15, -0.1) is 0 Å². The highest BCUT2D eigenvalue weighted by atomic mass is 16.2. The summed E-state index contributed by atoms with van der Waals surface area (Å²) in [4.78, 5) is 25.0. The zero-order valence-electron chi connectivity index (χ0n) is 17.4. The van der Waals surface area contributed by atoms with Crippen LogP contribution in [0.2, 0.25) is 0 Å².